The number of carbonyl (C=O) groups excluding carboxylic acids is 2. The van der Waals surface area contributed by atoms with Crippen LogP contribution in [0.25, 0.3) is 0 Å². The van der Waals surface area contributed by atoms with Gasteiger partial charge in [0.2, 0.25) is 0 Å². The van der Waals surface area contributed by atoms with Crippen molar-refractivity contribution in [1.29, 1.82) is 0 Å². The fourth-order valence-corrected chi connectivity index (χ4v) is 2.76. The van der Waals surface area contributed by atoms with Gasteiger partial charge in [0.05, 0.1) is 0 Å². The summed E-state index contributed by atoms with van der Waals surface area (Å²) < 4.78 is 13.7. The Morgan fingerprint density at radius 3 is 2.54 bits per heavy atom. The molecule has 3 aromatic rings. The maximum Gasteiger partial charge on any atom is 0.274 e. The molecule has 0 aliphatic heterocycles. The molecule has 2 amide bonds. The lowest BCUT2D eigenvalue weighted by molar-refractivity contribution is 0.0950. The van der Waals surface area contributed by atoms with Crippen molar-refractivity contribution >= 4 is 17.5 Å². The lowest BCUT2D eigenvalue weighted by Gasteiger charge is -2.10. The minimum Gasteiger partial charge on any atom is -0.348 e. The molecule has 2 aromatic carbocycles. The normalized spacial score (nSPS) is 10.4. The standard InChI is InChI=1S/C22H20FN3O2/c1-14-7-8-19(15(2)11-14)26-22(28)20-12-16(9-10-24-20)21(27)25-13-17-5-3-4-6-18(17)23/h3-12H,13H2,1-2H3,(H,25,27)(H,26,28). The highest BCUT2D eigenvalue weighted by atomic mass is 19.1. The third-order valence-electron chi connectivity index (χ3n) is 4.28. The molecule has 3 rings (SSSR count). The number of benzene rings is 2. The largest absolute Gasteiger partial charge is 0.348 e. The summed E-state index contributed by atoms with van der Waals surface area (Å²) in [6, 6.07) is 14.8. The Hall–Kier alpha value is -3.54. The fourth-order valence-electron chi connectivity index (χ4n) is 2.76. The van der Waals surface area contributed by atoms with Crippen LogP contribution in [-0.4, -0.2) is 16.8 Å². The van der Waals surface area contributed by atoms with E-state index in [2.05, 4.69) is 15.6 Å². The first-order chi connectivity index (χ1) is 13.4. The maximum absolute atomic E-state index is 13.7. The number of anilines is 1. The Morgan fingerprint density at radius 2 is 1.79 bits per heavy atom. The molecule has 0 saturated heterocycles. The predicted octanol–water partition coefficient (Wildman–Crippen LogP) is 4.02. The van der Waals surface area contributed by atoms with Crippen LogP contribution in [0.1, 0.15) is 37.5 Å². The van der Waals surface area contributed by atoms with E-state index >= 15 is 0 Å². The Balaban J connectivity index is 1.69. The fraction of sp³-hybridized carbons (Fsp3) is 0.136. The van der Waals surface area contributed by atoms with Crippen LogP contribution in [0, 0.1) is 19.7 Å². The highest BCUT2D eigenvalue weighted by Crippen LogP contribution is 2.17. The van der Waals surface area contributed by atoms with Gasteiger partial charge in [-0.05, 0) is 43.7 Å². The van der Waals surface area contributed by atoms with Crippen LogP contribution in [0.4, 0.5) is 10.1 Å². The summed E-state index contributed by atoms with van der Waals surface area (Å²) >= 11 is 0. The van der Waals surface area contributed by atoms with E-state index in [1.807, 2.05) is 32.0 Å². The van der Waals surface area contributed by atoms with Crippen molar-refractivity contribution in [2.45, 2.75) is 20.4 Å². The summed E-state index contributed by atoms with van der Waals surface area (Å²) in [7, 11) is 0. The average Bonchev–Trinajstić information content (AvgIpc) is 2.69. The average molecular weight is 377 g/mol. The molecule has 28 heavy (non-hydrogen) atoms. The quantitative estimate of drug-likeness (QED) is 0.705. The molecule has 0 aliphatic rings. The lowest BCUT2D eigenvalue weighted by Crippen LogP contribution is -2.24. The number of hydrogen-bond donors (Lipinski definition) is 2. The molecule has 0 fully saturated rings. The van der Waals surface area contributed by atoms with E-state index in [0.717, 1.165) is 11.1 Å². The number of amides is 2. The molecular weight excluding hydrogens is 357 g/mol. The van der Waals surface area contributed by atoms with Gasteiger partial charge >= 0.3 is 0 Å². The van der Waals surface area contributed by atoms with Crippen molar-refractivity contribution in [2.24, 2.45) is 0 Å². The molecule has 2 N–H and O–H groups in total. The van der Waals surface area contributed by atoms with Gasteiger partial charge < -0.3 is 10.6 Å². The summed E-state index contributed by atoms with van der Waals surface area (Å²) in [5.74, 6) is -1.20. The maximum atomic E-state index is 13.7. The predicted molar refractivity (Wildman–Crippen MR) is 106 cm³/mol. The van der Waals surface area contributed by atoms with E-state index in [4.69, 9.17) is 0 Å². The molecule has 5 nitrogen and oxygen atoms in total. The molecule has 1 heterocycles. The molecule has 0 saturated carbocycles. The van der Waals surface area contributed by atoms with Crippen LogP contribution < -0.4 is 10.6 Å². The first kappa shape index (κ1) is 19.2. The third-order valence-corrected chi connectivity index (χ3v) is 4.28. The van der Waals surface area contributed by atoms with E-state index < -0.39 is 11.8 Å². The second kappa shape index (κ2) is 8.43. The first-order valence-electron chi connectivity index (χ1n) is 8.80. The van der Waals surface area contributed by atoms with E-state index in [1.165, 1.54) is 24.4 Å². The monoisotopic (exact) mass is 377 g/mol. The van der Waals surface area contributed by atoms with E-state index in [0.29, 0.717) is 11.3 Å². The first-order valence-corrected chi connectivity index (χ1v) is 8.80. The van der Waals surface area contributed by atoms with Crippen molar-refractivity contribution in [3.8, 4) is 0 Å². The molecular formula is C22H20FN3O2. The Morgan fingerprint density at radius 1 is 1.00 bits per heavy atom. The minimum absolute atomic E-state index is 0.0535. The van der Waals surface area contributed by atoms with Crippen LogP contribution in [-0.2, 0) is 6.54 Å². The van der Waals surface area contributed by atoms with Crippen LogP contribution in [0.5, 0.6) is 0 Å². The summed E-state index contributed by atoms with van der Waals surface area (Å²) in [6.45, 7) is 3.93. The topological polar surface area (TPSA) is 71.1 Å². The number of aromatic nitrogens is 1. The van der Waals surface area contributed by atoms with E-state index in [9.17, 15) is 14.0 Å². The van der Waals surface area contributed by atoms with Gasteiger partial charge in [-0.2, -0.15) is 0 Å². The number of nitrogens with one attached hydrogen (secondary N) is 2. The zero-order valence-corrected chi connectivity index (χ0v) is 15.6. The molecule has 1 aromatic heterocycles. The molecule has 142 valence electrons. The van der Waals surface area contributed by atoms with Gasteiger partial charge in [-0.1, -0.05) is 35.9 Å². The summed E-state index contributed by atoms with van der Waals surface area (Å²) in [4.78, 5) is 28.9. The summed E-state index contributed by atoms with van der Waals surface area (Å²) in [5, 5.41) is 5.45. The minimum atomic E-state index is -0.411. The zero-order chi connectivity index (χ0) is 20.1. The van der Waals surface area contributed by atoms with Gasteiger partial charge in [-0.3, -0.25) is 14.6 Å². The highest BCUT2D eigenvalue weighted by molar-refractivity contribution is 6.05. The Kier molecular flexibility index (Phi) is 5.79. The Bertz CT molecular complexity index is 1030. The SMILES string of the molecule is Cc1ccc(NC(=O)c2cc(C(=O)NCc3ccccc3F)ccn2)c(C)c1. The van der Waals surface area contributed by atoms with Gasteiger partial charge in [-0.15, -0.1) is 0 Å². The van der Waals surface area contributed by atoms with Gasteiger partial charge in [-0.25, -0.2) is 4.39 Å². The van der Waals surface area contributed by atoms with Gasteiger partial charge in [0.25, 0.3) is 11.8 Å². The molecule has 0 unspecified atom stereocenters. The molecule has 0 spiro atoms. The molecule has 0 aliphatic carbocycles. The number of nitrogens with zero attached hydrogens (tertiary/aromatic N) is 1. The van der Waals surface area contributed by atoms with Crippen molar-refractivity contribution < 1.29 is 14.0 Å². The zero-order valence-electron chi connectivity index (χ0n) is 15.6. The number of rotatable bonds is 5. The van der Waals surface area contributed by atoms with Crippen LogP contribution in [0.3, 0.4) is 0 Å². The van der Waals surface area contributed by atoms with Gasteiger partial charge in [0, 0.05) is 29.6 Å². The number of carbonyl (C=O) groups is 2. The van der Waals surface area contributed by atoms with Crippen LogP contribution in [0.15, 0.2) is 60.8 Å². The highest BCUT2D eigenvalue weighted by Gasteiger charge is 2.13. The van der Waals surface area contributed by atoms with Crippen molar-refractivity contribution in [3.63, 3.8) is 0 Å². The lowest BCUT2D eigenvalue weighted by atomic mass is 10.1. The molecule has 6 heteroatoms. The third kappa shape index (κ3) is 4.59. The molecule has 0 atom stereocenters. The molecule has 0 bridgehead atoms. The van der Waals surface area contributed by atoms with Crippen molar-refractivity contribution in [1.82, 2.24) is 10.3 Å². The summed E-state index contributed by atoms with van der Waals surface area (Å²) in [5.41, 5.74) is 3.51. The number of aryl methyl sites for hydroxylation is 2. The van der Waals surface area contributed by atoms with Gasteiger partial charge in [0.1, 0.15) is 11.5 Å². The van der Waals surface area contributed by atoms with E-state index in [1.54, 1.807) is 18.2 Å². The van der Waals surface area contributed by atoms with Crippen LogP contribution >= 0.6 is 0 Å². The van der Waals surface area contributed by atoms with E-state index in [-0.39, 0.29) is 23.6 Å². The van der Waals surface area contributed by atoms with Crippen molar-refractivity contribution in [3.05, 3.63) is 94.6 Å². The second-order valence-electron chi connectivity index (χ2n) is 6.48. The smallest absolute Gasteiger partial charge is 0.274 e. The summed E-state index contributed by atoms with van der Waals surface area (Å²) in [6.07, 6.45) is 1.40. The Labute approximate surface area is 162 Å². The molecule has 0 radical (unpaired) electrons. The van der Waals surface area contributed by atoms with Crippen LogP contribution in [0.2, 0.25) is 0 Å². The second-order valence-corrected chi connectivity index (χ2v) is 6.48. The number of halogens is 1. The van der Waals surface area contributed by atoms with Gasteiger partial charge in [0.15, 0.2) is 0 Å². The number of pyridine rings is 1. The number of hydrogen-bond acceptors (Lipinski definition) is 3. The van der Waals surface area contributed by atoms with Crippen molar-refractivity contribution in [2.75, 3.05) is 5.32 Å².